The van der Waals surface area contributed by atoms with E-state index in [1.165, 1.54) is 4.68 Å². The molecule has 2 heterocycles. The zero-order valence-electron chi connectivity index (χ0n) is 16.2. The number of benzene rings is 1. The maximum Gasteiger partial charge on any atom is 0.357 e. The van der Waals surface area contributed by atoms with E-state index in [0.717, 1.165) is 0 Å². The Kier molecular flexibility index (Phi) is 6.65. The lowest BCUT2D eigenvalue weighted by Crippen LogP contribution is -2.37. The van der Waals surface area contributed by atoms with E-state index in [0.29, 0.717) is 27.2 Å². The van der Waals surface area contributed by atoms with E-state index in [1.807, 2.05) is 0 Å². The Bertz CT molecular complexity index is 1230. The number of hydrogen-bond donors (Lipinski definition) is 2. The summed E-state index contributed by atoms with van der Waals surface area (Å²) in [5.74, 6) is -2.47. The molecule has 1 aromatic carbocycles. The number of aromatic amines is 1. The lowest BCUT2D eigenvalue weighted by molar-refractivity contribution is -0.121. The zero-order chi connectivity index (χ0) is 22.5. The Balaban J connectivity index is 1.55. The van der Waals surface area contributed by atoms with Gasteiger partial charge in [0.1, 0.15) is 13.2 Å². The normalized spacial score (nSPS) is 10.7. The Morgan fingerprint density at radius 3 is 2.68 bits per heavy atom. The van der Waals surface area contributed by atoms with Gasteiger partial charge in [0, 0.05) is 5.02 Å². The van der Waals surface area contributed by atoms with Crippen molar-refractivity contribution in [1.29, 1.82) is 0 Å². The van der Waals surface area contributed by atoms with E-state index in [9.17, 15) is 23.6 Å². The Labute approximate surface area is 179 Å². The van der Waals surface area contributed by atoms with E-state index in [1.54, 1.807) is 42.2 Å². The van der Waals surface area contributed by atoms with E-state index < -0.39 is 35.5 Å². The monoisotopic (exact) mass is 449 g/mol. The quantitative estimate of drug-likeness (QED) is 0.405. The number of aromatic nitrogens is 4. The highest BCUT2D eigenvalue weighted by Crippen LogP contribution is 2.16. The molecule has 0 bridgehead atoms. The van der Waals surface area contributed by atoms with E-state index in [4.69, 9.17) is 16.3 Å². The molecule has 10 nitrogen and oxygen atoms in total. The molecule has 0 saturated carbocycles. The van der Waals surface area contributed by atoms with Crippen molar-refractivity contribution in [3.8, 4) is 5.69 Å². The van der Waals surface area contributed by atoms with Crippen LogP contribution in [0.4, 0.5) is 4.39 Å². The minimum Gasteiger partial charge on any atom is -0.459 e. The van der Waals surface area contributed by atoms with Gasteiger partial charge in [0.2, 0.25) is 11.7 Å². The van der Waals surface area contributed by atoms with Gasteiger partial charge in [-0.3, -0.25) is 19.1 Å². The summed E-state index contributed by atoms with van der Waals surface area (Å²) >= 11 is 5.88. The number of halogens is 2. The van der Waals surface area contributed by atoms with Crippen molar-refractivity contribution < 1.29 is 18.7 Å². The van der Waals surface area contributed by atoms with Gasteiger partial charge in [-0.15, -0.1) is 0 Å². The van der Waals surface area contributed by atoms with Crippen molar-refractivity contribution in [3.63, 3.8) is 0 Å². The highest BCUT2D eigenvalue weighted by atomic mass is 35.5. The molecule has 162 valence electrons. The molecule has 0 atom stereocenters. The smallest absolute Gasteiger partial charge is 0.357 e. The number of amides is 1. The number of H-pyrrole nitrogens is 1. The standard InChI is InChI=1S/C19H17ClFN5O5/c1-11-8-15(26(24-11)13-4-2-12(20)3-5-13)18(29)31-7-6-22-16(27)10-25-9-14(21)17(28)23-19(25)30/h2-5,8-9H,6-7,10H2,1H3,(H,22,27)(H,23,28,30). The summed E-state index contributed by atoms with van der Waals surface area (Å²) in [4.78, 5) is 48.6. The van der Waals surface area contributed by atoms with Crippen LogP contribution in [0.25, 0.3) is 5.69 Å². The number of carbonyl (C=O) groups is 2. The van der Waals surface area contributed by atoms with Crippen molar-refractivity contribution in [3.05, 3.63) is 79.6 Å². The first-order valence-corrected chi connectivity index (χ1v) is 9.38. The molecular weight excluding hydrogens is 433 g/mol. The Hall–Kier alpha value is -3.73. The topological polar surface area (TPSA) is 128 Å². The van der Waals surface area contributed by atoms with Crippen LogP contribution in [0.15, 0.2) is 46.1 Å². The number of hydrogen-bond acceptors (Lipinski definition) is 6. The van der Waals surface area contributed by atoms with E-state index >= 15 is 0 Å². The summed E-state index contributed by atoms with van der Waals surface area (Å²) < 4.78 is 20.5. The number of nitrogens with one attached hydrogen (secondary N) is 2. The van der Waals surface area contributed by atoms with Gasteiger partial charge in [0.25, 0.3) is 5.56 Å². The first-order chi connectivity index (χ1) is 14.7. The fourth-order valence-corrected chi connectivity index (χ4v) is 2.77. The molecule has 12 heteroatoms. The highest BCUT2D eigenvalue weighted by Gasteiger charge is 2.17. The highest BCUT2D eigenvalue weighted by molar-refractivity contribution is 6.30. The second-order valence-corrected chi connectivity index (χ2v) is 6.85. The summed E-state index contributed by atoms with van der Waals surface area (Å²) in [7, 11) is 0. The van der Waals surface area contributed by atoms with Crippen LogP contribution in [0.5, 0.6) is 0 Å². The molecule has 3 rings (SSSR count). The van der Waals surface area contributed by atoms with E-state index in [2.05, 4.69) is 10.4 Å². The molecule has 0 fully saturated rings. The van der Waals surface area contributed by atoms with Crippen molar-refractivity contribution in [2.24, 2.45) is 0 Å². The van der Waals surface area contributed by atoms with Crippen molar-refractivity contribution in [1.82, 2.24) is 24.6 Å². The maximum atomic E-state index is 13.2. The van der Waals surface area contributed by atoms with Crippen LogP contribution in [0, 0.1) is 12.7 Å². The van der Waals surface area contributed by atoms with Crippen LogP contribution in [-0.4, -0.2) is 44.4 Å². The maximum absolute atomic E-state index is 13.2. The molecule has 0 aliphatic heterocycles. The predicted octanol–water partition coefficient (Wildman–Crippen LogP) is 0.796. The van der Waals surface area contributed by atoms with Gasteiger partial charge in [-0.05, 0) is 37.3 Å². The van der Waals surface area contributed by atoms with Gasteiger partial charge in [-0.2, -0.15) is 9.49 Å². The number of nitrogens with zero attached hydrogens (tertiary/aromatic N) is 3. The van der Waals surface area contributed by atoms with Crippen LogP contribution >= 0.6 is 11.6 Å². The van der Waals surface area contributed by atoms with Gasteiger partial charge in [0.05, 0.1) is 24.1 Å². The third-order valence-corrected chi connectivity index (χ3v) is 4.30. The van der Waals surface area contributed by atoms with E-state index in [-0.39, 0.29) is 18.8 Å². The molecule has 0 unspecified atom stereocenters. The Morgan fingerprint density at radius 2 is 1.97 bits per heavy atom. The number of rotatable bonds is 7. The molecule has 1 amide bonds. The summed E-state index contributed by atoms with van der Waals surface area (Å²) in [5.41, 5.74) is -0.660. The summed E-state index contributed by atoms with van der Waals surface area (Å²) in [6.07, 6.45) is 0.640. The van der Waals surface area contributed by atoms with Crippen molar-refractivity contribution >= 4 is 23.5 Å². The summed E-state index contributed by atoms with van der Waals surface area (Å²) in [6, 6.07) is 8.30. The molecule has 2 N–H and O–H groups in total. The first kappa shape index (κ1) is 22.0. The number of carbonyl (C=O) groups excluding carboxylic acids is 2. The number of esters is 1. The first-order valence-electron chi connectivity index (χ1n) is 9.00. The third kappa shape index (κ3) is 5.45. The lowest BCUT2D eigenvalue weighted by Gasteiger charge is -2.09. The van der Waals surface area contributed by atoms with Crippen LogP contribution in [0.2, 0.25) is 5.02 Å². The second kappa shape index (κ2) is 9.39. The van der Waals surface area contributed by atoms with Gasteiger partial charge in [-0.25, -0.2) is 14.3 Å². The summed E-state index contributed by atoms with van der Waals surface area (Å²) in [5, 5.41) is 7.24. The van der Waals surface area contributed by atoms with Gasteiger partial charge in [-0.1, -0.05) is 11.6 Å². The molecular formula is C19H17ClFN5O5. The molecule has 3 aromatic rings. The molecule has 0 aliphatic rings. The average Bonchev–Trinajstić information content (AvgIpc) is 3.11. The molecule has 0 aliphatic carbocycles. The SMILES string of the molecule is Cc1cc(C(=O)OCCNC(=O)Cn2cc(F)c(=O)[nH]c2=O)n(-c2ccc(Cl)cc2)n1. The largest absolute Gasteiger partial charge is 0.459 e. The van der Waals surface area contributed by atoms with Crippen LogP contribution < -0.4 is 16.6 Å². The van der Waals surface area contributed by atoms with Gasteiger partial charge >= 0.3 is 11.7 Å². The molecule has 0 saturated heterocycles. The zero-order valence-corrected chi connectivity index (χ0v) is 17.0. The number of aryl methyl sites for hydroxylation is 1. The van der Waals surface area contributed by atoms with Crippen molar-refractivity contribution in [2.75, 3.05) is 13.2 Å². The molecule has 0 spiro atoms. The minimum atomic E-state index is -1.19. The molecule has 31 heavy (non-hydrogen) atoms. The van der Waals surface area contributed by atoms with Gasteiger partial charge in [0.15, 0.2) is 5.69 Å². The molecule has 2 aromatic heterocycles. The minimum absolute atomic E-state index is 0.0424. The lowest BCUT2D eigenvalue weighted by atomic mass is 10.3. The molecule has 0 radical (unpaired) electrons. The summed E-state index contributed by atoms with van der Waals surface area (Å²) in [6.45, 7) is 1.03. The average molecular weight is 450 g/mol. The van der Waals surface area contributed by atoms with Crippen LogP contribution in [0.1, 0.15) is 16.2 Å². The fourth-order valence-electron chi connectivity index (χ4n) is 2.64. The fraction of sp³-hybridized carbons (Fsp3) is 0.211. The third-order valence-electron chi connectivity index (χ3n) is 4.05. The van der Waals surface area contributed by atoms with Crippen LogP contribution in [0.3, 0.4) is 0 Å². The number of ether oxygens (including phenoxy) is 1. The van der Waals surface area contributed by atoms with Crippen LogP contribution in [-0.2, 0) is 16.1 Å². The van der Waals surface area contributed by atoms with Crippen molar-refractivity contribution in [2.45, 2.75) is 13.5 Å². The van der Waals surface area contributed by atoms with Gasteiger partial charge < -0.3 is 10.1 Å². The Morgan fingerprint density at radius 1 is 1.26 bits per heavy atom. The second-order valence-electron chi connectivity index (χ2n) is 6.41. The predicted molar refractivity (Wildman–Crippen MR) is 108 cm³/mol.